The van der Waals surface area contributed by atoms with Crippen molar-refractivity contribution in [2.75, 3.05) is 33.8 Å². The summed E-state index contributed by atoms with van der Waals surface area (Å²) >= 11 is 3.48. The normalized spacial score (nSPS) is 15.6. The zero-order valence-electron chi connectivity index (χ0n) is 17.3. The van der Waals surface area contributed by atoms with E-state index in [9.17, 15) is 14.7 Å². The van der Waals surface area contributed by atoms with Crippen LogP contribution in [0.3, 0.4) is 0 Å². The molecule has 2 aromatic rings. The lowest BCUT2D eigenvalue weighted by Gasteiger charge is -2.41. The molecule has 1 aliphatic heterocycles. The molecule has 2 amide bonds. The number of halogens is 1. The maximum absolute atomic E-state index is 12.3. The molecule has 7 heteroatoms. The van der Waals surface area contributed by atoms with Crippen LogP contribution in [0.1, 0.15) is 34.3 Å². The molecule has 0 spiro atoms. The van der Waals surface area contributed by atoms with Crippen LogP contribution in [0.2, 0.25) is 0 Å². The Balaban J connectivity index is 1.73. The van der Waals surface area contributed by atoms with Crippen LogP contribution in [0.15, 0.2) is 53.0 Å². The minimum absolute atomic E-state index is 0.0562. The molecule has 0 bridgehead atoms. The zero-order valence-corrected chi connectivity index (χ0v) is 18.9. The highest BCUT2D eigenvalue weighted by molar-refractivity contribution is 9.10. The Hall–Kier alpha value is -2.38. The van der Waals surface area contributed by atoms with E-state index in [2.05, 4.69) is 28.1 Å². The molecule has 0 aromatic heterocycles. The van der Waals surface area contributed by atoms with Crippen molar-refractivity contribution in [3.63, 3.8) is 0 Å². The topological polar surface area (TPSA) is 70.1 Å². The largest absolute Gasteiger partial charge is 0.465 e. The van der Waals surface area contributed by atoms with E-state index in [0.29, 0.717) is 44.7 Å². The van der Waals surface area contributed by atoms with Gasteiger partial charge in [-0.15, -0.1) is 0 Å². The highest BCUT2D eigenvalue weighted by Gasteiger charge is 2.37. The average molecular weight is 475 g/mol. The summed E-state index contributed by atoms with van der Waals surface area (Å²) in [6, 6.07) is 15.8. The maximum Gasteiger partial charge on any atom is 0.407 e. The lowest BCUT2D eigenvalue weighted by atomic mass is 9.73. The highest BCUT2D eigenvalue weighted by atomic mass is 79.9. The number of rotatable bonds is 6. The first-order chi connectivity index (χ1) is 14.3. The molecule has 0 atom stereocenters. The van der Waals surface area contributed by atoms with Crippen LogP contribution < -0.4 is 0 Å². The standard InChI is InChI=1S/C23H27BrN2O4/c1-25(2)21(27)18-12-17(13-20(24)14-18)15-30-16-23(19-6-4-3-5-7-19)8-10-26(11-9-23)22(28)29/h3-7,12-14H,8-11,15-16H2,1-2H3,(H,28,29). The predicted octanol–water partition coefficient (Wildman–Crippen LogP) is 4.38. The highest BCUT2D eigenvalue weighted by Crippen LogP contribution is 2.36. The number of nitrogens with zero attached hydrogens (tertiary/aromatic N) is 2. The number of hydrogen-bond donors (Lipinski definition) is 1. The molecule has 0 saturated carbocycles. The Morgan fingerprint density at radius 3 is 2.40 bits per heavy atom. The number of carbonyl (C=O) groups excluding carboxylic acids is 1. The second kappa shape index (κ2) is 9.62. The molecule has 30 heavy (non-hydrogen) atoms. The minimum Gasteiger partial charge on any atom is -0.465 e. The monoisotopic (exact) mass is 474 g/mol. The van der Waals surface area contributed by atoms with Crippen LogP contribution >= 0.6 is 15.9 Å². The van der Waals surface area contributed by atoms with Gasteiger partial charge < -0.3 is 19.6 Å². The van der Waals surface area contributed by atoms with Gasteiger partial charge in [-0.2, -0.15) is 0 Å². The molecule has 2 aromatic carbocycles. The van der Waals surface area contributed by atoms with Crippen molar-refractivity contribution in [1.82, 2.24) is 9.80 Å². The number of piperidine rings is 1. The van der Waals surface area contributed by atoms with E-state index >= 15 is 0 Å². The van der Waals surface area contributed by atoms with Crippen LogP contribution in [-0.4, -0.2) is 60.7 Å². The molecule has 1 N–H and O–H groups in total. The summed E-state index contributed by atoms with van der Waals surface area (Å²) in [5.41, 5.74) is 2.48. The second-order valence-electron chi connectivity index (χ2n) is 7.96. The fourth-order valence-electron chi connectivity index (χ4n) is 3.91. The first-order valence-electron chi connectivity index (χ1n) is 9.93. The van der Waals surface area contributed by atoms with Crippen molar-refractivity contribution in [3.05, 3.63) is 69.7 Å². The van der Waals surface area contributed by atoms with Gasteiger partial charge >= 0.3 is 6.09 Å². The van der Waals surface area contributed by atoms with Crippen molar-refractivity contribution >= 4 is 27.9 Å². The summed E-state index contributed by atoms with van der Waals surface area (Å²) < 4.78 is 6.99. The van der Waals surface area contributed by atoms with Crippen LogP contribution in [0.5, 0.6) is 0 Å². The molecular formula is C23H27BrN2O4. The van der Waals surface area contributed by atoms with E-state index < -0.39 is 6.09 Å². The zero-order chi connectivity index (χ0) is 21.7. The smallest absolute Gasteiger partial charge is 0.407 e. The molecule has 0 unspecified atom stereocenters. The number of ether oxygens (including phenoxy) is 1. The Labute approximate surface area is 185 Å². The van der Waals surface area contributed by atoms with Crippen molar-refractivity contribution in [2.45, 2.75) is 24.9 Å². The number of carbonyl (C=O) groups is 2. The van der Waals surface area contributed by atoms with E-state index in [1.807, 2.05) is 30.3 Å². The SMILES string of the molecule is CN(C)C(=O)c1cc(Br)cc(COCC2(c3ccccc3)CCN(C(=O)O)CC2)c1. The molecule has 1 saturated heterocycles. The van der Waals surface area contributed by atoms with E-state index in [1.165, 1.54) is 10.5 Å². The quantitative estimate of drug-likeness (QED) is 0.674. The van der Waals surface area contributed by atoms with Crippen LogP contribution in [-0.2, 0) is 16.8 Å². The molecule has 1 aliphatic rings. The first kappa shape index (κ1) is 22.3. The molecule has 0 aliphatic carbocycles. The summed E-state index contributed by atoms with van der Waals surface area (Å²) in [6.45, 7) is 1.86. The second-order valence-corrected chi connectivity index (χ2v) is 8.87. The third kappa shape index (κ3) is 5.21. The van der Waals surface area contributed by atoms with E-state index in [0.717, 1.165) is 10.0 Å². The van der Waals surface area contributed by atoms with Gasteiger partial charge in [0.25, 0.3) is 5.91 Å². The van der Waals surface area contributed by atoms with Gasteiger partial charge in [0.15, 0.2) is 0 Å². The molecule has 1 fully saturated rings. The lowest BCUT2D eigenvalue weighted by molar-refractivity contribution is 0.0368. The van der Waals surface area contributed by atoms with Gasteiger partial charge in [0.2, 0.25) is 0 Å². The van der Waals surface area contributed by atoms with E-state index in [1.54, 1.807) is 25.1 Å². The fraction of sp³-hybridized carbons (Fsp3) is 0.391. The van der Waals surface area contributed by atoms with Gasteiger partial charge in [-0.3, -0.25) is 4.79 Å². The lowest BCUT2D eigenvalue weighted by Crippen LogP contribution is -2.46. The Kier molecular flexibility index (Phi) is 7.15. The Morgan fingerprint density at radius 1 is 1.13 bits per heavy atom. The first-order valence-corrected chi connectivity index (χ1v) is 10.7. The van der Waals surface area contributed by atoms with Gasteiger partial charge in [0.05, 0.1) is 13.2 Å². The van der Waals surface area contributed by atoms with Gasteiger partial charge in [0.1, 0.15) is 0 Å². The summed E-state index contributed by atoms with van der Waals surface area (Å²) in [6.07, 6.45) is 0.558. The Morgan fingerprint density at radius 2 is 1.80 bits per heavy atom. The average Bonchev–Trinajstić information content (AvgIpc) is 2.73. The van der Waals surface area contributed by atoms with Crippen LogP contribution in [0.25, 0.3) is 0 Å². The molecule has 160 valence electrons. The van der Waals surface area contributed by atoms with Crippen molar-refractivity contribution in [1.29, 1.82) is 0 Å². The molecule has 1 heterocycles. The number of amides is 2. The van der Waals surface area contributed by atoms with Crippen LogP contribution in [0.4, 0.5) is 4.79 Å². The van der Waals surface area contributed by atoms with Crippen molar-refractivity contribution < 1.29 is 19.4 Å². The van der Waals surface area contributed by atoms with Crippen LogP contribution in [0, 0.1) is 0 Å². The number of likely N-dealkylation sites (tertiary alicyclic amines) is 1. The van der Waals surface area contributed by atoms with Crippen molar-refractivity contribution in [2.24, 2.45) is 0 Å². The van der Waals surface area contributed by atoms with Crippen molar-refractivity contribution in [3.8, 4) is 0 Å². The summed E-state index contributed by atoms with van der Waals surface area (Å²) in [4.78, 5) is 26.6. The molecular weight excluding hydrogens is 448 g/mol. The predicted molar refractivity (Wildman–Crippen MR) is 119 cm³/mol. The number of carboxylic acid groups (broad SMARTS) is 1. The third-order valence-electron chi connectivity index (χ3n) is 5.64. The van der Waals surface area contributed by atoms with Gasteiger partial charge in [-0.25, -0.2) is 4.79 Å². The molecule has 0 radical (unpaired) electrons. The minimum atomic E-state index is -0.871. The summed E-state index contributed by atoms with van der Waals surface area (Å²) in [5.74, 6) is -0.0562. The number of hydrogen-bond acceptors (Lipinski definition) is 3. The third-order valence-corrected chi connectivity index (χ3v) is 6.09. The summed E-state index contributed by atoms with van der Waals surface area (Å²) in [7, 11) is 3.46. The maximum atomic E-state index is 12.3. The summed E-state index contributed by atoms with van der Waals surface area (Å²) in [5, 5.41) is 9.30. The van der Waals surface area contributed by atoms with Gasteiger partial charge in [0, 0.05) is 42.6 Å². The van der Waals surface area contributed by atoms with Gasteiger partial charge in [-0.05, 0) is 42.2 Å². The van der Waals surface area contributed by atoms with E-state index in [-0.39, 0.29) is 11.3 Å². The van der Waals surface area contributed by atoms with E-state index in [4.69, 9.17) is 4.74 Å². The van der Waals surface area contributed by atoms with Gasteiger partial charge in [-0.1, -0.05) is 46.3 Å². The molecule has 3 rings (SSSR count). The number of benzene rings is 2. The Bertz CT molecular complexity index is 893. The molecule has 6 nitrogen and oxygen atoms in total. The fourth-order valence-corrected chi connectivity index (χ4v) is 4.45.